The molecule has 1 atom stereocenters. The first-order chi connectivity index (χ1) is 16.5. The van der Waals surface area contributed by atoms with Gasteiger partial charge in [-0.2, -0.15) is 0 Å². The second kappa shape index (κ2) is 11.3. The van der Waals surface area contributed by atoms with Gasteiger partial charge in [-0.05, 0) is 74.6 Å². The minimum Gasteiger partial charge on any atom is -0.350 e. The summed E-state index contributed by atoms with van der Waals surface area (Å²) in [7, 11) is 0. The third kappa shape index (κ3) is 7.78. The van der Waals surface area contributed by atoms with Gasteiger partial charge in [0.05, 0.1) is 6.42 Å². The van der Waals surface area contributed by atoms with E-state index in [-0.39, 0.29) is 30.6 Å². The van der Waals surface area contributed by atoms with Gasteiger partial charge in [-0.15, -0.1) is 0 Å². The van der Waals surface area contributed by atoms with Crippen molar-refractivity contribution < 1.29 is 14.0 Å². The van der Waals surface area contributed by atoms with E-state index in [1.54, 1.807) is 17.0 Å². The molecule has 3 aromatic carbocycles. The zero-order chi connectivity index (χ0) is 25.6. The Balaban J connectivity index is 1.99. The summed E-state index contributed by atoms with van der Waals surface area (Å²) < 4.78 is 13.6. The summed E-state index contributed by atoms with van der Waals surface area (Å²) in [5.41, 5.74) is 4.45. The van der Waals surface area contributed by atoms with Crippen LogP contribution in [0.4, 0.5) is 4.39 Å². The quantitative estimate of drug-likeness (QED) is 0.466. The number of carbonyl (C=O) groups excluding carboxylic acids is 2. The first-order valence-corrected chi connectivity index (χ1v) is 12.0. The van der Waals surface area contributed by atoms with Gasteiger partial charge in [0, 0.05) is 18.5 Å². The number of nitrogens with zero attached hydrogens (tertiary/aromatic N) is 1. The molecule has 3 aromatic rings. The number of nitrogens with one attached hydrogen (secondary N) is 1. The van der Waals surface area contributed by atoms with Crippen LogP contribution in [0, 0.1) is 19.7 Å². The van der Waals surface area contributed by atoms with Crippen LogP contribution in [0.1, 0.15) is 48.6 Å². The van der Waals surface area contributed by atoms with Crippen LogP contribution < -0.4 is 5.32 Å². The highest BCUT2D eigenvalue weighted by atomic mass is 19.1. The van der Waals surface area contributed by atoms with Crippen molar-refractivity contribution in [3.63, 3.8) is 0 Å². The molecule has 4 nitrogen and oxygen atoms in total. The third-order valence-electron chi connectivity index (χ3n) is 5.96. The highest BCUT2D eigenvalue weighted by Gasteiger charge is 2.32. The van der Waals surface area contributed by atoms with Gasteiger partial charge in [-0.25, -0.2) is 4.39 Å². The van der Waals surface area contributed by atoms with E-state index in [4.69, 9.17) is 0 Å². The summed E-state index contributed by atoms with van der Waals surface area (Å²) >= 11 is 0. The predicted molar refractivity (Wildman–Crippen MR) is 138 cm³/mol. The molecule has 0 heterocycles. The number of hydrogen-bond acceptors (Lipinski definition) is 2. The molecule has 0 aliphatic heterocycles. The summed E-state index contributed by atoms with van der Waals surface area (Å²) in [6.45, 7) is 10.0. The molecule has 0 unspecified atom stereocenters. The smallest absolute Gasteiger partial charge is 0.243 e. The number of carbonyl (C=O) groups is 2. The standard InChI is InChI=1S/C30H35FN2O2/c1-21-11-12-25(17-22(21)2)19-28(34)33(20-24-13-15-26(31)16-14-24)27(29(35)32-30(3,4)5)18-23-9-7-6-8-10-23/h6-17,27H,18-20H2,1-5H3,(H,32,35)/t27-/m0/s1. The highest BCUT2D eigenvalue weighted by Crippen LogP contribution is 2.19. The van der Waals surface area contributed by atoms with Gasteiger partial charge in [0.25, 0.3) is 0 Å². The van der Waals surface area contributed by atoms with E-state index in [1.807, 2.05) is 83.1 Å². The van der Waals surface area contributed by atoms with Crippen LogP contribution >= 0.6 is 0 Å². The molecule has 1 N–H and O–H groups in total. The third-order valence-corrected chi connectivity index (χ3v) is 5.96. The van der Waals surface area contributed by atoms with Crippen molar-refractivity contribution in [1.29, 1.82) is 0 Å². The number of aryl methyl sites for hydroxylation is 2. The molecule has 0 aromatic heterocycles. The molecule has 2 amide bonds. The van der Waals surface area contributed by atoms with Crippen molar-refractivity contribution in [2.24, 2.45) is 0 Å². The average Bonchev–Trinajstić information content (AvgIpc) is 2.79. The number of hydrogen-bond donors (Lipinski definition) is 1. The Morgan fingerprint density at radius 3 is 2.09 bits per heavy atom. The first-order valence-electron chi connectivity index (χ1n) is 12.0. The summed E-state index contributed by atoms with van der Waals surface area (Å²) in [6, 6.07) is 21.0. The van der Waals surface area contributed by atoms with Crippen molar-refractivity contribution >= 4 is 11.8 Å². The SMILES string of the molecule is Cc1ccc(CC(=O)N(Cc2ccc(F)cc2)[C@@H](Cc2ccccc2)C(=O)NC(C)(C)C)cc1C. The van der Waals surface area contributed by atoms with Crippen LogP contribution in [-0.4, -0.2) is 28.3 Å². The Morgan fingerprint density at radius 1 is 0.857 bits per heavy atom. The number of benzene rings is 3. The van der Waals surface area contributed by atoms with Crippen LogP contribution in [-0.2, 0) is 29.0 Å². The second-order valence-corrected chi connectivity index (χ2v) is 10.2. The number of rotatable bonds is 8. The first kappa shape index (κ1) is 26.1. The maximum absolute atomic E-state index is 13.8. The highest BCUT2D eigenvalue weighted by molar-refractivity contribution is 5.89. The van der Waals surface area contributed by atoms with Crippen LogP contribution in [0.15, 0.2) is 72.8 Å². The van der Waals surface area contributed by atoms with E-state index >= 15 is 0 Å². The predicted octanol–water partition coefficient (Wildman–Crippen LogP) is 5.54. The molecule has 0 radical (unpaired) electrons. The topological polar surface area (TPSA) is 49.4 Å². The fourth-order valence-electron chi connectivity index (χ4n) is 3.98. The van der Waals surface area contributed by atoms with E-state index in [1.165, 1.54) is 12.1 Å². The molecule has 5 heteroatoms. The Labute approximate surface area is 208 Å². The van der Waals surface area contributed by atoms with Crippen LogP contribution in [0.25, 0.3) is 0 Å². The van der Waals surface area contributed by atoms with Gasteiger partial charge in [-0.1, -0.05) is 60.7 Å². The number of amides is 2. The second-order valence-electron chi connectivity index (χ2n) is 10.2. The zero-order valence-electron chi connectivity index (χ0n) is 21.3. The monoisotopic (exact) mass is 474 g/mol. The maximum atomic E-state index is 13.8. The summed E-state index contributed by atoms with van der Waals surface area (Å²) in [5.74, 6) is -0.701. The van der Waals surface area contributed by atoms with Gasteiger partial charge in [0.2, 0.25) is 11.8 Å². The molecule has 35 heavy (non-hydrogen) atoms. The van der Waals surface area contributed by atoms with E-state index in [0.717, 1.165) is 27.8 Å². The lowest BCUT2D eigenvalue weighted by Crippen LogP contribution is -2.54. The normalized spacial score (nSPS) is 12.2. The molecule has 0 aliphatic rings. The molecule has 0 bridgehead atoms. The summed E-state index contributed by atoms with van der Waals surface area (Å²) in [6.07, 6.45) is 0.555. The number of halogens is 1. The Kier molecular flexibility index (Phi) is 8.44. The van der Waals surface area contributed by atoms with Gasteiger partial charge in [0.15, 0.2) is 0 Å². The summed E-state index contributed by atoms with van der Waals surface area (Å²) in [4.78, 5) is 28.9. The Hall–Kier alpha value is -3.47. The molecule has 3 rings (SSSR count). The molecular formula is C30H35FN2O2. The Bertz CT molecular complexity index is 1150. The molecular weight excluding hydrogens is 439 g/mol. The van der Waals surface area contributed by atoms with Gasteiger partial charge >= 0.3 is 0 Å². The maximum Gasteiger partial charge on any atom is 0.243 e. The van der Waals surface area contributed by atoms with Crippen molar-refractivity contribution in [3.8, 4) is 0 Å². The van der Waals surface area contributed by atoms with Crippen molar-refractivity contribution in [2.45, 2.75) is 65.6 Å². The Morgan fingerprint density at radius 2 is 1.49 bits per heavy atom. The molecule has 0 saturated carbocycles. The van der Waals surface area contributed by atoms with E-state index < -0.39 is 11.6 Å². The van der Waals surface area contributed by atoms with Gasteiger partial charge < -0.3 is 10.2 Å². The van der Waals surface area contributed by atoms with Crippen LogP contribution in [0.3, 0.4) is 0 Å². The summed E-state index contributed by atoms with van der Waals surface area (Å²) in [5, 5.41) is 3.06. The average molecular weight is 475 g/mol. The van der Waals surface area contributed by atoms with Crippen molar-refractivity contribution in [2.75, 3.05) is 0 Å². The van der Waals surface area contributed by atoms with Crippen molar-refractivity contribution in [1.82, 2.24) is 10.2 Å². The van der Waals surface area contributed by atoms with Crippen LogP contribution in [0.5, 0.6) is 0 Å². The largest absolute Gasteiger partial charge is 0.350 e. The minimum atomic E-state index is -0.722. The molecule has 0 spiro atoms. The molecule has 0 aliphatic carbocycles. The van der Waals surface area contributed by atoms with E-state index in [0.29, 0.717) is 6.42 Å². The lowest BCUT2D eigenvalue weighted by atomic mass is 9.99. The van der Waals surface area contributed by atoms with E-state index in [2.05, 4.69) is 5.32 Å². The fourth-order valence-corrected chi connectivity index (χ4v) is 3.98. The molecule has 0 fully saturated rings. The van der Waals surface area contributed by atoms with Gasteiger partial charge in [-0.3, -0.25) is 9.59 Å². The van der Waals surface area contributed by atoms with E-state index in [9.17, 15) is 14.0 Å². The van der Waals surface area contributed by atoms with Crippen LogP contribution in [0.2, 0.25) is 0 Å². The van der Waals surface area contributed by atoms with Gasteiger partial charge in [0.1, 0.15) is 11.9 Å². The minimum absolute atomic E-state index is 0.150. The molecule has 184 valence electrons. The fraction of sp³-hybridized carbons (Fsp3) is 0.333. The lowest BCUT2D eigenvalue weighted by molar-refractivity contribution is -0.141. The lowest BCUT2D eigenvalue weighted by Gasteiger charge is -2.34. The van der Waals surface area contributed by atoms with Crippen molar-refractivity contribution in [3.05, 3.63) is 106 Å². The molecule has 0 saturated heterocycles. The zero-order valence-corrected chi connectivity index (χ0v) is 21.3.